The van der Waals surface area contributed by atoms with E-state index in [-0.39, 0.29) is 18.9 Å². The molecule has 3 aromatic rings. The summed E-state index contributed by atoms with van der Waals surface area (Å²) in [7, 11) is 0. The first kappa shape index (κ1) is 21.0. The summed E-state index contributed by atoms with van der Waals surface area (Å²) >= 11 is 1.59. The molecular formula is C25H22NO4S-. The van der Waals surface area contributed by atoms with Gasteiger partial charge in [0.1, 0.15) is 6.61 Å². The number of thioether (sulfide) groups is 1. The number of rotatable bonds is 7. The molecule has 5 nitrogen and oxygen atoms in total. The van der Waals surface area contributed by atoms with Gasteiger partial charge in [-0.25, -0.2) is 4.79 Å². The Morgan fingerprint density at radius 2 is 1.55 bits per heavy atom. The van der Waals surface area contributed by atoms with Crippen LogP contribution in [0, 0.1) is 0 Å². The van der Waals surface area contributed by atoms with Gasteiger partial charge in [-0.1, -0.05) is 60.7 Å². The number of carboxylic acid groups (broad SMARTS) is 1. The highest BCUT2D eigenvalue weighted by molar-refractivity contribution is 7.98. The molecule has 1 aliphatic rings. The van der Waals surface area contributed by atoms with Gasteiger partial charge in [0.25, 0.3) is 0 Å². The van der Waals surface area contributed by atoms with Crippen LogP contribution in [0.5, 0.6) is 0 Å². The fourth-order valence-electron chi connectivity index (χ4n) is 4.04. The standard InChI is InChI=1S/C25H23NO4S/c1-31-17-12-10-16(11-13-17)23(14-24(27)28)26-25(29)30-15-22-20-8-4-2-6-18(20)19-7-3-5-9-21(19)22/h2-13,22-23H,14-15H2,1H3,(H,26,29)(H,27,28)/p-1/t23-/m1/s1. The largest absolute Gasteiger partial charge is 0.550 e. The number of carbonyl (C=O) groups excluding carboxylic acids is 2. The first-order valence-electron chi connectivity index (χ1n) is 10.0. The Morgan fingerprint density at radius 1 is 0.968 bits per heavy atom. The van der Waals surface area contributed by atoms with Gasteiger partial charge in [0.15, 0.2) is 0 Å². The molecule has 0 unspecified atom stereocenters. The van der Waals surface area contributed by atoms with Crippen molar-refractivity contribution in [2.75, 3.05) is 12.9 Å². The Hall–Kier alpha value is -3.25. The van der Waals surface area contributed by atoms with Crippen molar-refractivity contribution in [1.29, 1.82) is 0 Å². The Bertz CT molecular complexity index is 1050. The molecule has 4 rings (SSSR count). The Balaban J connectivity index is 1.47. The number of alkyl carbamates (subject to hydrolysis) is 1. The van der Waals surface area contributed by atoms with E-state index in [2.05, 4.69) is 17.4 Å². The van der Waals surface area contributed by atoms with Crippen molar-refractivity contribution in [3.05, 3.63) is 89.5 Å². The Labute approximate surface area is 185 Å². The molecule has 6 heteroatoms. The summed E-state index contributed by atoms with van der Waals surface area (Å²) < 4.78 is 5.55. The zero-order chi connectivity index (χ0) is 21.8. The summed E-state index contributed by atoms with van der Waals surface area (Å²) in [4.78, 5) is 24.8. The topological polar surface area (TPSA) is 78.5 Å². The number of carbonyl (C=O) groups is 2. The van der Waals surface area contributed by atoms with Gasteiger partial charge in [0, 0.05) is 23.2 Å². The minimum Gasteiger partial charge on any atom is -0.550 e. The maximum absolute atomic E-state index is 12.6. The second-order valence-corrected chi connectivity index (χ2v) is 8.25. The van der Waals surface area contributed by atoms with Crippen molar-refractivity contribution in [1.82, 2.24) is 5.32 Å². The average Bonchev–Trinajstić information content (AvgIpc) is 3.11. The van der Waals surface area contributed by atoms with E-state index in [1.165, 1.54) is 0 Å². The number of nitrogens with one attached hydrogen (secondary N) is 1. The lowest BCUT2D eigenvalue weighted by atomic mass is 9.98. The third-order valence-electron chi connectivity index (χ3n) is 5.52. The molecule has 0 heterocycles. The molecule has 0 saturated heterocycles. The molecular weight excluding hydrogens is 410 g/mol. The molecule has 1 N–H and O–H groups in total. The number of benzene rings is 3. The molecule has 0 fully saturated rings. The highest BCUT2D eigenvalue weighted by atomic mass is 32.2. The number of aliphatic carboxylic acids is 1. The smallest absolute Gasteiger partial charge is 0.407 e. The fraction of sp³-hybridized carbons (Fsp3) is 0.200. The minimum absolute atomic E-state index is 0.0568. The zero-order valence-corrected chi connectivity index (χ0v) is 17.9. The number of carboxylic acids is 1. The lowest BCUT2D eigenvalue weighted by Crippen LogP contribution is -2.35. The predicted molar refractivity (Wildman–Crippen MR) is 119 cm³/mol. The molecule has 0 aliphatic heterocycles. The van der Waals surface area contributed by atoms with Crippen molar-refractivity contribution < 1.29 is 19.4 Å². The molecule has 1 aliphatic carbocycles. The van der Waals surface area contributed by atoms with Crippen molar-refractivity contribution in [3.8, 4) is 11.1 Å². The second kappa shape index (κ2) is 9.27. The van der Waals surface area contributed by atoms with Crippen molar-refractivity contribution in [3.63, 3.8) is 0 Å². The predicted octanol–water partition coefficient (Wildman–Crippen LogP) is 4.13. The van der Waals surface area contributed by atoms with Crippen molar-refractivity contribution in [2.24, 2.45) is 0 Å². The van der Waals surface area contributed by atoms with Gasteiger partial charge < -0.3 is 20.0 Å². The van der Waals surface area contributed by atoms with E-state index in [0.29, 0.717) is 5.56 Å². The average molecular weight is 433 g/mol. The van der Waals surface area contributed by atoms with Gasteiger partial charge in [-0.15, -0.1) is 11.8 Å². The highest BCUT2D eigenvalue weighted by Gasteiger charge is 2.29. The van der Waals surface area contributed by atoms with Crippen LogP contribution in [0.15, 0.2) is 77.7 Å². The zero-order valence-electron chi connectivity index (χ0n) is 17.0. The van der Waals surface area contributed by atoms with Crippen LogP contribution in [-0.4, -0.2) is 24.9 Å². The SMILES string of the molecule is CSc1ccc([C@@H](CC(=O)[O-])NC(=O)OCC2c3ccccc3-c3ccccc32)cc1. The van der Waals surface area contributed by atoms with E-state index in [1.807, 2.05) is 66.9 Å². The van der Waals surface area contributed by atoms with Gasteiger partial charge >= 0.3 is 6.09 Å². The maximum atomic E-state index is 12.6. The van der Waals surface area contributed by atoms with Crippen LogP contribution in [0.25, 0.3) is 11.1 Å². The van der Waals surface area contributed by atoms with Gasteiger partial charge in [-0.3, -0.25) is 0 Å². The summed E-state index contributed by atoms with van der Waals surface area (Å²) in [6.07, 6.45) is 0.979. The van der Waals surface area contributed by atoms with E-state index >= 15 is 0 Å². The van der Waals surface area contributed by atoms with E-state index in [9.17, 15) is 14.7 Å². The number of fused-ring (bicyclic) bond motifs is 3. The first-order chi connectivity index (χ1) is 15.1. The van der Waals surface area contributed by atoms with E-state index < -0.39 is 18.1 Å². The molecule has 158 valence electrons. The molecule has 0 saturated carbocycles. The second-order valence-electron chi connectivity index (χ2n) is 7.37. The fourth-order valence-corrected chi connectivity index (χ4v) is 4.45. The van der Waals surface area contributed by atoms with Gasteiger partial charge in [-0.05, 0) is 46.2 Å². The Morgan fingerprint density at radius 3 is 2.10 bits per heavy atom. The molecule has 0 radical (unpaired) electrons. The van der Waals surface area contributed by atoms with E-state index in [4.69, 9.17) is 4.74 Å². The summed E-state index contributed by atoms with van der Waals surface area (Å²) in [6, 6.07) is 22.9. The summed E-state index contributed by atoms with van der Waals surface area (Å²) in [5.74, 6) is -1.29. The van der Waals surface area contributed by atoms with Crippen LogP contribution in [0.1, 0.15) is 35.1 Å². The van der Waals surface area contributed by atoms with Crippen molar-refractivity contribution in [2.45, 2.75) is 23.3 Å². The number of hydrogen-bond acceptors (Lipinski definition) is 5. The quantitative estimate of drug-likeness (QED) is 0.568. The van der Waals surface area contributed by atoms with Crippen molar-refractivity contribution >= 4 is 23.8 Å². The van der Waals surface area contributed by atoms with Crippen LogP contribution in [0.4, 0.5) is 4.79 Å². The monoisotopic (exact) mass is 432 g/mol. The molecule has 0 spiro atoms. The normalized spacial score (nSPS) is 13.2. The van der Waals surface area contributed by atoms with Gasteiger partial charge in [-0.2, -0.15) is 0 Å². The number of amides is 1. The van der Waals surface area contributed by atoms with E-state index in [0.717, 1.165) is 27.1 Å². The molecule has 3 aromatic carbocycles. The van der Waals surface area contributed by atoms with Gasteiger partial charge in [0.05, 0.1) is 6.04 Å². The lowest BCUT2D eigenvalue weighted by molar-refractivity contribution is -0.306. The molecule has 0 aromatic heterocycles. The first-order valence-corrected chi connectivity index (χ1v) is 11.2. The van der Waals surface area contributed by atoms with Crippen LogP contribution >= 0.6 is 11.8 Å². The number of ether oxygens (including phenoxy) is 1. The molecule has 0 bridgehead atoms. The lowest BCUT2D eigenvalue weighted by Gasteiger charge is -2.21. The third kappa shape index (κ3) is 4.59. The maximum Gasteiger partial charge on any atom is 0.407 e. The summed E-state index contributed by atoms with van der Waals surface area (Å²) in [5, 5.41) is 13.9. The summed E-state index contributed by atoms with van der Waals surface area (Å²) in [6.45, 7) is 0.170. The minimum atomic E-state index is -1.24. The summed E-state index contributed by atoms with van der Waals surface area (Å²) in [5.41, 5.74) is 5.23. The molecule has 1 atom stereocenters. The van der Waals surface area contributed by atoms with Crippen LogP contribution in [0.2, 0.25) is 0 Å². The van der Waals surface area contributed by atoms with E-state index in [1.54, 1.807) is 11.8 Å². The van der Waals surface area contributed by atoms with Crippen LogP contribution in [0.3, 0.4) is 0 Å². The number of hydrogen-bond donors (Lipinski definition) is 1. The third-order valence-corrected chi connectivity index (χ3v) is 6.27. The molecule has 1 amide bonds. The van der Waals surface area contributed by atoms with Crippen LogP contribution in [-0.2, 0) is 9.53 Å². The Kier molecular flexibility index (Phi) is 6.28. The molecule has 31 heavy (non-hydrogen) atoms. The van der Waals surface area contributed by atoms with Gasteiger partial charge in [0.2, 0.25) is 0 Å². The highest BCUT2D eigenvalue weighted by Crippen LogP contribution is 2.44. The van der Waals surface area contributed by atoms with Crippen LogP contribution < -0.4 is 10.4 Å².